The number of hydrogen-bond donors (Lipinski definition) is 1. The molecule has 0 saturated heterocycles. The van der Waals surface area contributed by atoms with E-state index in [-0.39, 0.29) is 0 Å². The fourth-order valence-electron chi connectivity index (χ4n) is 1.63. The van der Waals surface area contributed by atoms with Crippen LogP contribution in [-0.2, 0) is 0 Å². The molecule has 0 amide bonds. The molecule has 0 fully saturated rings. The van der Waals surface area contributed by atoms with Crippen molar-refractivity contribution in [2.75, 3.05) is 5.32 Å². The van der Waals surface area contributed by atoms with Gasteiger partial charge in [0.15, 0.2) is 0 Å². The summed E-state index contributed by atoms with van der Waals surface area (Å²) in [5, 5.41) is 7.81. The zero-order chi connectivity index (χ0) is 12.1. The van der Waals surface area contributed by atoms with Gasteiger partial charge in [0.2, 0.25) is 0 Å². The first-order chi connectivity index (χ1) is 7.49. The van der Waals surface area contributed by atoms with E-state index < -0.39 is 0 Å². The fraction of sp³-hybridized carbons (Fsp3) is 0.769. The summed E-state index contributed by atoms with van der Waals surface area (Å²) < 4.78 is 1.98. The van der Waals surface area contributed by atoms with Crippen LogP contribution in [0.2, 0.25) is 0 Å². The zero-order valence-electron chi connectivity index (χ0n) is 11.2. The van der Waals surface area contributed by atoms with Gasteiger partial charge in [-0.1, -0.05) is 13.8 Å². The van der Waals surface area contributed by atoms with Gasteiger partial charge in [-0.3, -0.25) is 4.68 Å². The van der Waals surface area contributed by atoms with Crippen molar-refractivity contribution in [3.8, 4) is 0 Å². The third-order valence-electron chi connectivity index (χ3n) is 2.72. The normalized spacial score (nSPS) is 13.4. The minimum atomic E-state index is 0.432. The van der Waals surface area contributed by atoms with Crippen molar-refractivity contribution in [1.29, 1.82) is 0 Å². The molecule has 1 unspecified atom stereocenters. The average molecular weight is 223 g/mol. The van der Waals surface area contributed by atoms with Crippen molar-refractivity contribution in [1.82, 2.24) is 9.78 Å². The van der Waals surface area contributed by atoms with Crippen LogP contribution in [0.1, 0.15) is 53.5 Å². The first kappa shape index (κ1) is 13.1. The molecule has 0 aliphatic heterocycles. The average Bonchev–Trinajstić information content (AvgIpc) is 2.63. The van der Waals surface area contributed by atoms with Gasteiger partial charge in [0.1, 0.15) is 0 Å². The molecule has 92 valence electrons. The van der Waals surface area contributed by atoms with Crippen LogP contribution in [0.15, 0.2) is 12.4 Å². The molecule has 1 N–H and O–H groups in total. The van der Waals surface area contributed by atoms with Gasteiger partial charge in [0.25, 0.3) is 0 Å². The summed E-state index contributed by atoms with van der Waals surface area (Å²) in [6.45, 7) is 11.0. The molecule has 1 rings (SSSR count). The Morgan fingerprint density at radius 2 is 1.88 bits per heavy atom. The third kappa shape index (κ3) is 4.25. The van der Waals surface area contributed by atoms with E-state index in [4.69, 9.17) is 0 Å². The second-order valence-electron chi connectivity index (χ2n) is 5.32. The molecule has 1 aromatic heterocycles. The van der Waals surface area contributed by atoms with E-state index >= 15 is 0 Å². The first-order valence-electron chi connectivity index (χ1n) is 6.29. The molecule has 1 atom stereocenters. The summed E-state index contributed by atoms with van der Waals surface area (Å²) in [5.41, 5.74) is 1.13. The molecule has 0 saturated carbocycles. The van der Waals surface area contributed by atoms with Gasteiger partial charge in [-0.2, -0.15) is 5.10 Å². The van der Waals surface area contributed by atoms with Crippen molar-refractivity contribution in [2.45, 2.75) is 59.5 Å². The van der Waals surface area contributed by atoms with Crippen LogP contribution in [0.3, 0.4) is 0 Å². The number of rotatable bonds is 6. The second-order valence-corrected chi connectivity index (χ2v) is 5.32. The Labute approximate surface area is 99.2 Å². The van der Waals surface area contributed by atoms with Crippen LogP contribution in [0.25, 0.3) is 0 Å². The molecule has 0 aromatic carbocycles. The molecule has 0 aliphatic carbocycles. The van der Waals surface area contributed by atoms with Crippen LogP contribution in [0.4, 0.5) is 5.69 Å². The third-order valence-corrected chi connectivity index (χ3v) is 2.72. The molecule has 1 aromatic rings. The molecule has 16 heavy (non-hydrogen) atoms. The van der Waals surface area contributed by atoms with Crippen molar-refractivity contribution >= 4 is 5.69 Å². The topological polar surface area (TPSA) is 29.9 Å². The maximum atomic E-state index is 4.32. The van der Waals surface area contributed by atoms with Crippen molar-refractivity contribution in [3.63, 3.8) is 0 Å². The molecule has 0 aliphatic rings. The van der Waals surface area contributed by atoms with E-state index in [1.54, 1.807) is 0 Å². The van der Waals surface area contributed by atoms with Crippen LogP contribution < -0.4 is 5.32 Å². The minimum absolute atomic E-state index is 0.432. The lowest BCUT2D eigenvalue weighted by molar-refractivity contribution is 0.526. The highest BCUT2D eigenvalue weighted by Crippen LogP contribution is 2.14. The van der Waals surface area contributed by atoms with Crippen molar-refractivity contribution in [3.05, 3.63) is 12.4 Å². The smallest absolute Gasteiger partial charge is 0.0728 e. The summed E-state index contributed by atoms with van der Waals surface area (Å²) >= 11 is 0. The molecule has 3 heteroatoms. The maximum absolute atomic E-state index is 4.32. The maximum Gasteiger partial charge on any atom is 0.0728 e. The lowest BCUT2D eigenvalue weighted by Crippen LogP contribution is -2.15. The number of hydrogen-bond acceptors (Lipinski definition) is 2. The van der Waals surface area contributed by atoms with Gasteiger partial charge in [-0.05, 0) is 39.5 Å². The lowest BCUT2D eigenvalue weighted by Gasteiger charge is -2.14. The monoisotopic (exact) mass is 223 g/mol. The Morgan fingerprint density at radius 3 is 2.38 bits per heavy atom. The molecule has 0 bridgehead atoms. The van der Waals surface area contributed by atoms with Gasteiger partial charge in [0.05, 0.1) is 11.9 Å². The highest BCUT2D eigenvalue weighted by atomic mass is 15.3. The Morgan fingerprint density at radius 1 is 1.19 bits per heavy atom. The van der Waals surface area contributed by atoms with Gasteiger partial charge in [-0.15, -0.1) is 0 Å². The van der Waals surface area contributed by atoms with Crippen LogP contribution in [-0.4, -0.2) is 15.8 Å². The van der Waals surface area contributed by atoms with Crippen LogP contribution in [0.5, 0.6) is 0 Å². The molecular weight excluding hydrogens is 198 g/mol. The largest absolute Gasteiger partial charge is 0.380 e. The molecule has 0 spiro atoms. The van der Waals surface area contributed by atoms with E-state index in [0.29, 0.717) is 12.1 Å². The Bertz CT molecular complexity index is 302. The summed E-state index contributed by atoms with van der Waals surface area (Å²) in [5.74, 6) is 0.780. The van der Waals surface area contributed by atoms with Crippen molar-refractivity contribution in [2.24, 2.45) is 5.92 Å². The number of aromatic nitrogens is 2. The Hall–Kier alpha value is -0.990. The van der Waals surface area contributed by atoms with Gasteiger partial charge in [-0.25, -0.2) is 0 Å². The summed E-state index contributed by atoms with van der Waals surface area (Å²) in [7, 11) is 0. The van der Waals surface area contributed by atoms with Crippen molar-refractivity contribution < 1.29 is 0 Å². The quantitative estimate of drug-likeness (QED) is 0.797. The van der Waals surface area contributed by atoms with E-state index in [9.17, 15) is 0 Å². The van der Waals surface area contributed by atoms with Gasteiger partial charge >= 0.3 is 0 Å². The zero-order valence-corrected chi connectivity index (χ0v) is 11.2. The summed E-state index contributed by atoms with van der Waals surface area (Å²) in [4.78, 5) is 0. The standard InChI is InChI=1S/C13H25N3/c1-10(2)6-7-12(5)15-13-8-14-16(9-13)11(3)4/h8-12,15H,6-7H2,1-5H3. The van der Waals surface area contributed by atoms with E-state index in [2.05, 4.69) is 51.2 Å². The SMILES string of the molecule is CC(C)CCC(C)Nc1cnn(C(C)C)c1. The van der Waals surface area contributed by atoms with Gasteiger partial charge < -0.3 is 5.32 Å². The fourth-order valence-corrected chi connectivity index (χ4v) is 1.63. The van der Waals surface area contributed by atoms with Gasteiger partial charge in [0, 0.05) is 18.3 Å². The van der Waals surface area contributed by atoms with E-state index in [0.717, 1.165) is 11.6 Å². The van der Waals surface area contributed by atoms with E-state index in [1.165, 1.54) is 12.8 Å². The molecule has 3 nitrogen and oxygen atoms in total. The minimum Gasteiger partial charge on any atom is -0.380 e. The predicted octanol–water partition coefficient (Wildman–Crippen LogP) is 3.70. The molecular formula is C13H25N3. The van der Waals surface area contributed by atoms with Crippen LogP contribution >= 0.6 is 0 Å². The summed E-state index contributed by atoms with van der Waals surface area (Å²) in [6.07, 6.45) is 6.47. The first-order valence-corrected chi connectivity index (χ1v) is 6.29. The number of nitrogens with one attached hydrogen (secondary N) is 1. The Balaban J connectivity index is 2.40. The number of anilines is 1. The highest BCUT2D eigenvalue weighted by molar-refractivity contribution is 5.39. The molecule has 1 heterocycles. The predicted molar refractivity (Wildman–Crippen MR) is 69.8 cm³/mol. The number of nitrogens with zero attached hydrogens (tertiary/aromatic N) is 2. The van der Waals surface area contributed by atoms with Crippen LogP contribution in [0, 0.1) is 5.92 Å². The lowest BCUT2D eigenvalue weighted by atomic mass is 10.0. The summed E-state index contributed by atoms with van der Waals surface area (Å²) in [6, 6.07) is 0.953. The second kappa shape index (κ2) is 5.92. The highest BCUT2D eigenvalue weighted by Gasteiger charge is 2.06. The molecule has 0 radical (unpaired) electrons. The Kier molecular flexibility index (Phi) is 4.84. The van der Waals surface area contributed by atoms with E-state index in [1.807, 2.05) is 10.9 Å².